The van der Waals surface area contributed by atoms with E-state index in [1.165, 1.54) is 0 Å². The van der Waals surface area contributed by atoms with Crippen LogP contribution >= 0.6 is 104 Å². The minimum absolute atomic E-state index is 0.379. The van der Waals surface area contributed by atoms with Gasteiger partial charge in [0.25, 0.3) is 0 Å². The van der Waals surface area contributed by atoms with Crippen LogP contribution in [0.3, 0.4) is 0 Å². The van der Waals surface area contributed by atoms with Crippen molar-refractivity contribution in [2.75, 3.05) is 0 Å². The molecule has 0 spiro atoms. The lowest BCUT2D eigenvalue weighted by molar-refractivity contribution is 0.603. The average molecular weight is 494 g/mol. The van der Waals surface area contributed by atoms with Crippen molar-refractivity contribution < 1.29 is 0 Å². The lowest BCUT2D eigenvalue weighted by Crippen LogP contribution is -2.54. The third kappa shape index (κ3) is 3.46. The monoisotopic (exact) mass is 490 g/mol. The van der Waals surface area contributed by atoms with Gasteiger partial charge in [-0.05, 0) is 16.3 Å². The van der Waals surface area contributed by atoms with Crippen molar-refractivity contribution in [1.82, 2.24) is 0 Å². The van der Waals surface area contributed by atoms with Crippen LogP contribution in [0.5, 0.6) is 0 Å². The topological polar surface area (TPSA) is 0 Å². The number of benzene rings is 2. The SMILES string of the molecule is ClC(Cl)(Cl)C(Cl)(Cl)C(Cl)(Cl)C(Cl)(Cl)c1cccc2ccccc12. The summed E-state index contributed by atoms with van der Waals surface area (Å²) in [5, 5.41) is 1.57. The van der Waals surface area contributed by atoms with E-state index in [2.05, 4.69) is 0 Å². The van der Waals surface area contributed by atoms with Crippen molar-refractivity contribution in [1.29, 1.82) is 0 Å². The van der Waals surface area contributed by atoms with Crippen molar-refractivity contribution in [3.8, 4) is 0 Å². The van der Waals surface area contributed by atoms with Gasteiger partial charge in [-0.25, -0.2) is 0 Å². The quantitative estimate of drug-likeness (QED) is 0.378. The molecule has 0 radical (unpaired) electrons. The Morgan fingerprint density at radius 1 is 0.565 bits per heavy atom. The summed E-state index contributed by atoms with van der Waals surface area (Å²) in [5.74, 6) is 0. The van der Waals surface area contributed by atoms with Gasteiger partial charge in [0.05, 0.1) is 0 Å². The van der Waals surface area contributed by atoms with Crippen LogP contribution in [0.15, 0.2) is 42.5 Å². The molecule has 126 valence electrons. The van der Waals surface area contributed by atoms with E-state index in [0.29, 0.717) is 10.9 Å². The molecule has 23 heavy (non-hydrogen) atoms. The van der Waals surface area contributed by atoms with Crippen LogP contribution in [0.2, 0.25) is 0 Å². The van der Waals surface area contributed by atoms with Crippen molar-refractivity contribution in [2.45, 2.75) is 16.8 Å². The van der Waals surface area contributed by atoms with Gasteiger partial charge in [-0.3, -0.25) is 0 Å². The van der Waals surface area contributed by atoms with Crippen molar-refractivity contribution >= 4 is 115 Å². The predicted molar refractivity (Wildman–Crippen MR) is 106 cm³/mol. The fraction of sp³-hybridized carbons (Fsp3) is 0.286. The van der Waals surface area contributed by atoms with Crippen LogP contribution in [0.1, 0.15) is 5.56 Å². The molecule has 2 rings (SSSR count). The third-order valence-electron chi connectivity index (χ3n) is 3.27. The summed E-state index contributed by atoms with van der Waals surface area (Å²) in [6, 6.07) is 12.6. The van der Waals surface area contributed by atoms with E-state index in [-0.39, 0.29) is 0 Å². The molecule has 0 unspecified atom stereocenters. The van der Waals surface area contributed by atoms with Crippen LogP contribution in [0.4, 0.5) is 0 Å². The molecular formula is C14H7Cl9. The Labute approximate surface area is 178 Å². The molecule has 0 aromatic heterocycles. The Morgan fingerprint density at radius 3 is 1.65 bits per heavy atom. The molecular weight excluding hydrogens is 487 g/mol. The summed E-state index contributed by atoms with van der Waals surface area (Å²) in [7, 11) is 0. The highest BCUT2D eigenvalue weighted by atomic mass is 35.6. The smallest absolute Gasteiger partial charge is 0.0943 e. The lowest BCUT2D eigenvalue weighted by atomic mass is 9.98. The van der Waals surface area contributed by atoms with Crippen LogP contribution < -0.4 is 0 Å². The summed E-state index contributed by atoms with van der Waals surface area (Å²) in [6.07, 6.45) is 0. The van der Waals surface area contributed by atoms with Crippen LogP contribution in [0, 0.1) is 0 Å². The standard InChI is InChI=1S/C14H7Cl9/c15-11(16,12(17,18)13(19,20)14(21,22)23)10-7-3-5-8-4-1-2-6-9(8)10/h1-7H. The van der Waals surface area contributed by atoms with E-state index in [1.54, 1.807) is 18.2 Å². The second kappa shape index (κ2) is 6.80. The van der Waals surface area contributed by atoms with Gasteiger partial charge >= 0.3 is 0 Å². The van der Waals surface area contributed by atoms with Gasteiger partial charge in [0, 0.05) is 0 Å². The Bertz CT molecular complexity index is 710. The van der Waals surface area contributed by atoms with Crippen LogP contribution in [-0.4, -0.2) is 12.5 Å². The zero-order valence-electron chi connectivity index (χ0n) is 10.9. The highest BCUT2D eigenvalue weighted by Crippen LogP contribution is 2.65. The largest absolute Gasteiger partial charge is 0.226 e. The molecule has 2 aromatic carbocycles. The second-order valence-electron chi connectivity index (χ2n) is 4.75. The average Bonchev–Trinajstić information content (AvgIpc) is 2.45. The van der Waals surface area contributed by atoms with Gasteiger partial charge in [-0.1, -0.05) is 147 Å². The van der Waals surface area contributed by atoms with E-state index in [9.17, 15) is 0 Å². The van der Waals surface area contributed by atoms with E-state index >= 15 is 0 Å². The fourth-order valence-corrected chi connectivity index (χ4v) is 4.34. The maximum atomic E-state index is 6.48. The van der Waals surface area contributed by atoms with Crippen molar-refractivity contribution in [3.63, 3.8) is 0 Å². The van der Waals surface area contributed by atoms with Crippen LogP contribution in [0.25, 0.3) is 10.8 Å². The normalized spacial score (nSPS) is 14.3. The second-order valence-corrected chi connectivity index (χ2v) is 11.0. The van der Waals surface area contributed by atoms with Gasteiger partial charge in [-0.15, -0.1) is 0 Å². The molecule has 0 N–H and O–H groups in total. The summed E-state index contributed by atoms with van der Waals surface area (Å²) in [4.78, 5) is 0. The molecule has 0 heterocycles. The molecule has 0 fully saturated rings. The maximum absolute atomic E-state index is 6.48. The van der Waals surface area contributed by atoms with Crippen molar-refractivity contribution in [3.05, 3.63) is 48.0 Å². The summed E-state index contributed by atoms with van der Waals surface area (Å²) in [6.45, 7) is 0. The molecule has 0 atom stereocenters. The van der Waals surface area contributed by atoms with E-state index < -0.39 is 16.8 Å². The summed E-state index contributed by atoms with van der Waals surface area (Å²) in [5.41, 5.74) is 0.379. The van der Waals surface area contributed by atoms with E-state index in [4.69, 9.17) is 104 Å². The molecule has 0 aliphatic rings. The fourth-order valence-electron chi connectivity index (χ4n) is 2.04. The van der Waals surface area contributed by atoms with Gasteiger partial charge < -0.3 is 0 Å². The summed E-state index contributed by atoms with van der Waals surface area (Å²) < 4.78 is -8.81. The molecule has 0 saturated carbocycles. The van der Waals surface area contributed by atoms with Gasteiger partial charge in [0.15, 0.2) is 8.67 Å². The van der Waals surface area contributed by atoms with Gasteiger partial charge in [0.1, 0.15) is 0 Å². The Balaban J connectivity index is 2.69. The number of alkyl halides is 9. The lowest BCUT2D eigenvalue weighted by Gasteiger charge is -2.44. The van der Waals surface area contributed by atoms with Crippen LogP contribution in [-0.2, 0) is 4.33 Å². The first-order valence-electron chi connectivity index (χ1n) is 6.02. The molecule has 0 nitrogen and oxygen atoms in total. The van der Waals surface area contributed by atoms with Gasteiger partial charge in [-0.2, -0.15) is 0 Å². The number of halogens is 9. The first-order chi connectivity index (χ1) is 10.3. The Morgan fingerprint density at radius 2 is 1.09 bits per heavy atom. The molecule has 0 aliphatic carbocycles. The van der Waals surface area contributed by atoms with Gasteiger partial charge in [0.2, 0.25) is 8.13 Å². The molecule has 0 amide bonds. The Hall–Kier alpha value is 1.31. The van der Waals surface area contributed by atoms with E-state index in [0.717, 1.165) is 5.39 Å². The first kappa shape index (κ1) is 20.6. The Kier molecular flexibility index (Phi) is 6.10. The third-order valence-corrected chi connectivity index (χ3v) is 8.72. The summed E-state index contributed by atoms with van der Waals surface area (Å²) >= 11 is 55.3. The first-order valence-corrected chi connectivity index (χ1v) is 9.42. The molecule has 0 bridgehead atoms. The van der Waals surface area contributed by atoms with Crippen molar-refractivity contribution in [2.24, 2.45) is 0 Å². The maximum Gasteiger partial charge on any atom is 0.226 e. The number of rotatable bonds is 3. The molecule has 2 aromatic rings. The zero-order chi connectivity index (χ0) is 17.7. The number of hydrogen-bond acceptors (Lipinski definition) is 0. The van der Waals surface area contributed by atoms with E-state index in [1.807, 2.05) is 24.3 Å². The molecule has 9 heteroatoms. The minimum atomic E-state index is -2.31. The highest BCUT2D eigenvalue weighted by molar-refractivity contribution is 6.80. The molecule has 0 saturated heterocycles. The minimum Gasteiger partial charge on any atom is -0.0943 e. The zero-order valence-corrected chi connectivity index (χ0v) is 17.7. The number of fused-ring (bicyclic) bond motifs is 1. The predicted octanol–water partition coefficient (Wildman–Crippen LogP) is 8.19. The number of hydrogen-bond donors (Lipinski definition) is 0. The molecule has 0 aliphatic heterocycles. The highest BCUT2D eigenvalue weighted by Gasteiger charge is 2.68.